The Balaban J connectivity index is 2.20. The van der Waals surface area contributed by atoms with Gasteiger partial charge in [-0.1, -0.05) is 11.6 Å². The molecule has 1 atom stereocenters. The summed E-state index contributed by atoms with van der Waals surface area (Å²) in [6, 6.07) is 9.65. The summed E-state index contributed by atoms with van der Waals surface area (Å²) in [5.74, 6) is 0. The van der Waals surface area contributed by atoms with Gasteiger partial charge in [0.05, 0.1) is 16.6 Å². The monoisotopic (exact) mass is 340 g/mol. The highest BCUT2D eigenvalue weighted by atomic mass is 79.9. The Kier molecular flexibility index (Phi) is 4.28. The zero-order valence-corrected chi connectivity index (χ0v) is 12.7. The van der Waals surface area contributed by atoms with Crippen molar-refractivity contribution in [1.29, 1.82) is 5.26 Å². The van der Waals surface area contributed by atoms with Gasteiger partial charge in [-0.15, -0.1) is 11.3 Å². The maximum absolute atomic E-state index is 8.94. The van der Waals surface area contributed by atoms with E-state index in [1.165, 1.54) is 4.88 Å². The predicted octanol–water partition coefficient (Wildman–Crippen LogP) is 5.21. The van der Waals surface area contributed by atoms with E-state index in [1.807, 2.05) is 17.5 Å². The van der Waals surface area contributed by atoms with Gasteiger partial charge in [0.25, 0.3) is 0 Å². The SMILES string of the molecule is CC(Nc1ccc(Cl)c(C#N)c1)c1sccc1Br. The van der Waals surface area contributed by atoms with Crippen LogP contribution in [0.1, 0.15) is 23.4 Å². The highest BCUT2D eigenvalue weighted by Gasteiger charge is 2.11. The van der Waals surface area contributed by atoms with Gasteiger partial charge in [-0.2, -0.15) is 5.26 Å². The first kappa shape index (κ1) is 13.4. The van der Waals surface area contributed by atoms with Crippen LogP contribution >= 0.6 is 38.9 Å². The Bertz CT molecular complexity index is 603. The second kappa shape index (κ2) is 5.75. The van der Waals surface area contributed by atoms with Crippen molar-refractivity contribution in [3.05, 3.63) is 49.6 Å². The van der Waals surface area contributed by atoms with Crippen LogP contribution in [-0.4, -0.2) is 0 Å². The van der Waals surface area contributed by atoms with Gasteiger partial charge >= 0.3 is 0 Å². The lowest BCUT2D eigenvalue weighted by Crippen LogP contribution is -2.05. The molecule has 2 aromatic rings. The summed E-state index contributed by atoms with van der Waals surface area (Å²) in [6.07, 6.45) is 0. The van der Waals surface area contributed by atoms with Gasteiger partial charge in [-0.05, 0) is 52.5 Å². The van der Waals surface area contributed by atoms with Gasteiger partial charge in [-0.3, -0.25) is 0 Å². The zero-order valence-electron chi connectivity index (χ0n) is 9.58. The molecule has 2 rings (SSSR count). The lowest BCUT2D eigenvalue weighted by atomic mass is 10.2. The standard InChI is InChI=1S/C13H10BrClN2S/c1-8(13-11(14)4-5-18-13)17-10-2-3-12(15)9(6-10)7-16/h2-6,8,17H,1H3. The Hall–Kier alpha value is -1.02. The van der Waals surface area contributed by atoms with Crippen molar-refractivity contribution in [2.45, 2.75) is 13.0 Å². The lowest BCUT2D eigenvalue weighted by Gasteiger charge is -2.15. The molecular formula is C13H10BrClN2S. The third kappa shape index (κ3) is 2.86. The number of hydrogen-bond donors (Lipinski definition) is 1. The minimum atomic E-state index is 0.173. The molecule has 0 fully saturated rings. The smallest absolute Gasteiger partial charge is 0.101 e. The van der Waals surface area contributed by atoms with Crippen LogP contribution in [0.15, 0.2) is 34.1 Å². The third-order valence-corrected chi connectivity index (χ3v) is 4.89. The molecular weight excluding hydrogens is 332 g/mol. The van der Waals surface area contributed by atoms with Gasteiger partial charge in [0.2, 0.25) is 0 Å². The second-order valence-corrected chi connectivity index (χ2v) is 6.01. The fraction of sp³-hybridized carbons (Fsp3) is 0.154. The summed E-state index contributed by atoms with van der Waals surface area (Å²) in [5.41, 5.74) is 1.38. The molecule has 2 nitrogen and oxygen atoms in total. The number of nitriles is 1. The van der Waals surface area contributed by atoms with E-state index in [0.29, 0.717) is 10.6 Å². The normalized spacial score (nSPS) is 11.9. The Morgan fingerprint density at radius 3 is 2.83 bits per heavy atom. The summed E-state index contributed by atoms with van der Waals surface area (Å²) < 4.78 is 1.10. The Labute approximate surface area is 123 Å². The number of nitrogens with zero attached hydrogens (tertiary/aromatic N) is 1. The topological polar surface area (TPSA) is 35.8 Å². The minimum absolute atomic E-state index is 0.173. The van der Waals surface area contributed by atoms with E-state index in [0.717, 1.165) is 10.2 Å². The summed E-state index contributed by atoms with van der Waals surface area (Å²) in [5, 5.41) is 14.8. The van der Waals surface area contributed by atoms with Crippen LogP contribution in [0.4, 0.5) is 5.69 Å². The molecule has 0 saturated carbocycles. The van der Waals surface area contributed by atoms with Crippen LogP contribution in [0.25, 0.3) is 0 Å². The lowest BCUT2D eigenvalue weighted by molar-refractivity contribution is 0.903. The number of anilines is 1. The van der Waals surface area contributed by atoms with Crippen LogP contribution in [0.5, 0.6) is 0 Å². The van der Waals surface area contributed by atoms with Gasteiger partial charge in [0.1, 0.15) is 6.07 Å². The molecule has 5 heteroatoms. The molecule has 0 saturated heterocycles. The molecule has 92 valence electrons. The van der Waals surface area contributed by atoms with Crippen molar-refractivity contribution >= 4 is 44.6 Å². The molecule has 18 heavy (non-hydrogen) atoms. The van der Waals surface area contributed by atoms with Crippen molar-refractivity contribution in [2.24, 2.45) is 0 Å². The summed E-state index contributed by atoms with van der Waals surface area (Å²) in [6.45, 7) is 2.08. The van der Waals surface area contributed by atoms with Crippen molar-refractivity contribution in [3.63, 3.8) is 0 Å². The minimum Gasteiger partial charge on any atom is -0.378 e. The molecule has 1 aromatic heterocycles. The first-order valence-electron chi connectivity index (χ1n) is 5.31. The van der Waals surface area contributed by atoms with Crippen LogP contribution < -0.4 is 5.32 Å². The van der Waals surface area contributed by atoms with E-state index in [4.69, 9.17) is 16.9 Å². The average Bonchev–Trinajstić information content (AvgIpc) is 2.78. The van der Waals surface area contributed by atoms with Gasteiger partial charge < -0.3 is 5.32 Å². The van der Waals surface area contributed by atoms with E-state index in [2.05, 4.69) is 34.2 Å². The van der Waals surface area contributed by atoms with Crippen LogP contribution in [0.2, 0.25) is 5.02 Å². The van der Waals surface area contributed by atoms with E-state index in [1.54, 1.807) is 23.5 Å². The van der Waals surface area contributed by atoms with Gasteiger partial charge in [0, 0.05) is 15.0 Å². The number of rotatable bonds is 3. The Morgan fingerprint density at radius 1 is 1.44 bits per heavy atom. The molecule has 0 bridgehead atoms. The van der Waals surface area contributed by atoms with E-state index >= 15 is 0 Å². The molecule has 0 amide bonds. The Morgan fingerprint density at radius 2 is 2.22 bits per heavy atom. The van der Waals surface area contributed by atoms with E-state index in [-0.39, 0.29) is 6.04 Å². The van der Waals surface area contributed by atoms with Crippen LogP contribution in [-0.2, 0) is 0 Å². The van der Waals surface area contributed by atoms with Gasteiger partial charge in [0.15, 0.2) is 0 Å². The van der Waals surface area contributed by atoms with Crippen molar-refractivity contribution in [2.75, 3.05) is 5.32 Å². The molecule has 0 aliphatic heterocycles. The number of thiophene rings is 1. The molecule has 1 heterocycles. The van der Waals surface area contributed by atoms with E-state index in [9.17, 15) is 0 Å². The number of nitrogens with one attached hydrogen (secondary N) is 1. The van der Waals surface area contributed by atoms with Crippen molar-refractivity contribution < 1.29 is 0 Å². The van der Waals surface area contributed by atoms with Crippen LogP contribution in [0.3, 0.4) is 0 Å². The quantitative estimate of drug-likeness (QED) is 0.832. The average molecular weight is 342 g/mol. The fourth-order valence-electron chi connectivity index (χ4n) is 1.63. The van der Waals surface area contributed by atoms with Crippen LogP contribution in [0, 0.1) is 11.3 Å². The molecule has 0 radical (unpaired) electrons. The predicted molar refractivity (Wildman–Crippen MR) is 80.2 cm³/mol. The summed E-state index contributed by atoms with van der Waals surface area (Å²) in [7, 11) is 0. The first-order valence-corrected chi connectivity index (χ1v) is 7.36. The van der Waals surface area contributed by atoms with Crippen molar-refractivity contribution in [1.82, 2.24) is 0 Å². The maximum atomic E-state index is 8.94. The fourth-order valence-corrected chi connectivity index (χ4v) is 3.52. The molecule has 1 aromatic carbocycles. The molecule has 0 spiro atoms. The number of hydrogen-bond acceptors (Lipinski definition) is 3. The van der Waals surface area contributed by atoms with E-state index < -0.39 is 0 Å². The third-order valence-electron chi connectivity index (χ3n) is 2.51. The number of benzene rings is 1. The zero-order chi connectivity index (χ0) is 13.1. The highest BCUT2D eigenvalue weighted by molar-refractivity contribution is 9.10. The largest absolute Gasteiger partial charge is 0.378 e. The molecule has 1 N–H and O–H groups in total. The number of halogens is 2. The van der Waals surface area contributed by atoms with Gasteiger partial charge in [-0.25, -0.2) is 0 Å². The molecule has 1 unspecified atom stereocenters. The highest BCUT2D eigenvalue weighted by Crippen LogP contribution is 2.31. The molecule has 0 aliphatic rings. The molecule has 0 aliphatic carbocycles. The maximum Gasteiger partial charge on any atom is 0.101 e. The summed E-state index contributed by atoms with van der Waals surface area (Å²) >= 11 is 11.1. The first-order chi connectivity index (χ1) is 8.61. The summed E-state index contributed by atoms with van der Waals surface area (Å²) in [4.78, 5) is 1.23. The van der Waals surface area contributed by atoms with Crippen molar-refractivity contribution in [3.8, 4) is 6.07 Å². The second-order valence-electron chi connectivity index (χ2n) is 3.81.